The monoisotopic (exact) mass is 345 g/mol. The lowest BCUT2D eigenvalue weighted by Gasteiger charge is -2.39. The molecule has 1 heterocycles. The van der Waals surface area contributed by atoms with Crippen molar-refractivity contribution < 1.29 is 28.4 Å². The maximum Gasteiger partial charge on any atom is 0.435 e. The first-order valence-electron chi connectivity index (χ1n) is 6.69. The minimum Gasteiger partial charge on any atom is -0.355 e. The summed E-state index contributed by atoms with van der Waals surface area (Å²) < 4.78 is 64.9. The number of rotatable bonds is 4. The average molecular weight is 345 g/mol. The lowest BCUT2D eigenvalue weighted by atomic mass is 10.0. The summed E-state index contributed by atoms with van der Waals surface area (Å²) in [7, 11) is -9.99. The average Bonchev–Trinajstić information content (AvgIpc) is 2.35. The fourth-order valence-corrected chi connectivity index (χ4v) is 2.89. The molecule has 0 aliphatic carbocycles. The topological polar surface area (TPSA) is 29.5 Å². The van der Waals surface area contributed by atoms with E-state index < -0.39 is 22.3 Å². The summed E-state index contributed by atoms with van der Waals surface area (Å²) in [5.74, 6) is -1.08. The number of carbonyl (C=O) groups is 1. The molecule has 126 valence electrons. The van der Waals surface area contributed by atoms with Crippen molar-refractivity contribution in [3.05, 3.63) is 29.8 Å². The van der Waals surface area contributed by atoms with Crippen LogP contribution >= 0.6 is 10.5 Å². The van der Waals surface area contributed by atoms with Gasteiger partial charge in [-0.05, 0) is 37.5 Å². The quantitative estimate of drug-likeness (QED) is 0.688. The van der Waals surface area contributed by atoms with Crippen molar-refractivity contribution in [2.45, 2.75) is 32.2 Å². The Morgan fingerprint density at radius 2 is 1.86 bits per heavy atom. The maximum atomic E-state index is 12.4. The summed E-state index contributed by atoms with van der Waals surface area (Å²) in [5, 5.41) is 0. The minimum absolute atomic E-state index is 0.0993. The van der Waals surface area contributed by atoms with E-state index in [4.69, 9.17) is 0 Å². The predicted octanol–water partition coefficient (Wildman–Crippen LogP) is 5.35. The highest BCUT2D eigenvalue weighted by atomic mass is 32.5. The van der Waals surface area contributed by atoms with Crippen LogP contribution in [0, 0.1) is 0 Å². The molecule has 1 fully saturated rings. The van der Waals surface area contributed by atoms with Crippen molar-refractivity contribution in [3.8, 4) is 5.75 Å². The highest BCUT2D eigenvalue weighted by molar-refractivity contribution is 8.42. The van der Waals surface area contributed by atoms with Crippen molar-refractivity contribution in [1.29, 1.82) is 0 Å². The van der Waals surface area contributed by atoms with E-state index in [9.17, 15) is 24.2 Å². The summed E-state index contributed by atoms with van der Waals surface area (Å²) in [4.78, 5) is 13.4. The molecule has 1 amide bonds. The molecule has 1 aromatic rings. The van der Waals surface area contributed by atoms with Gasteiger partial charge in [0, 0.05) is 13.0 Å². The van der Waals surface area contributed by atoms with E-state index in [1.54, 1.807) is 6.92 Å². The largest absolute Gasteiger partial charge is 0.435 e. The number of likely N-dealkylation sites (tertiary alicyclic amines) is 1. The Morgan fingerprint density at radius 3 is 2.45 bits per heavy atom. The van der Waals surface area contributed by atoms with Crippen LogP contribution in [0.15, 0.2) is 24.3 Å². The second-order valence-electron chi connectivity index (χ2n) is 5.27. The van der Waals surface area contributed by atoms with Crippen molar-refractivity contribution in [2.24, 2.45) is 0 Å². The molecule has 1 unspecified atom stereocenters. The fourth-order valence-electron chi connectivity index (χ4n) is 2.42. The summed E-state index contributed by atoms with van der Waals surface area (Å²) in [6, 6.07) is 3.87. The van der Waals surface area contributed by atoms with Gasteiger partial charge >= 0.3 is 10.5 Å². The first-order chi connectivity index (χ1) is 9.84. The number of nitrogens with zero attached hydrogens (tertiary/aromatic N) is 1. The van der Waals surface area contributed by atoms with Crippen molar-refractivity contribution in [3.63, 3.8) is 0 Å². The molecule has 9 heteroatoms. The van der Waals surface area contributed by atoms with Crippen molar-refractivity contribution in [2.75, 3.05) is 6.54 Å². The van der Waals surface area contributed by atoms with E-state index in [0.717, 1.165) is 25.0 Å². The van der Waals surface area contributed by atoms with Crippen LogP contribution in [0.1, 0.15) is 37.8 Å². The third-order valence-electron chi connectivity index (χ3n) is 3.42. The Balaban J connectivity index is 2.23. The summed E-state index contributed by atoms with van der Waals surface area (Å²) in [6.45, 7) is 2.13. The molecule has 3 nitrogen and oxygen atoms in total. The zero-order valence-electron chi connectivity index (χ0n) is 11.8. The number of hydrogen-bond acceptors (Lipinski definition) is 2. The lowest BCUT2D eigenvalue weighted by molar-refractivity contribution is -0.135. The molecule has 22 heavy (non-hydrogen) atoms. The van der Waals surface area contributed by atoms with Gasteiger partial charge in [-0.25, -0.2) is 0 Å². The molecule has 0 bridgehead atoms. The van der Waals surface area contributed by atoms with Crippen LogP contribution in [0.4, 0.5) is 19.4 Å². The maximum absolute atomic E-state index is 12.4. The van der Waals surface area contributed by atoms with E-state index in [1.165, 1.54) is 17.0 Å². The second-order valence-corrected chi connectivity index (χ2v) is 7.24. The number of carbonyl (C=O) groups excluding carboxylic acids is 1. The first-order valence-corrected chi connectivity index (χ1v) is 8.56. The summed E-state index contributed by atoms with van der Waals surface area (Å²) in [5.41, 5.74) is 0.314. The van der Waals surface area contributed by atoms with Crippen LogP contribution in [-0.2, 0) is 4.79 Å². The van der Waals surface area contributed by atoms with Crippen LogP contribution < -0.4 is 4.18 Å². The predicted molar refractivity (Wildman–Crippen MR) is 74.2 cm³/mol. The Bertz CT molecular complexity index is 589. The number of hydrogen-bond donors (Lipinski definition) is 0. The first kappa shape index (κ1) is 16.9. The van der Waals surface area contributed by atoms with Gasteiger partial charge in [0.15, 0.2) is 0 Å². The fraction of sp³-hybridized carbons (Fsp3) is 0.462. The SMILES string of the molecule is CC(c1cccc(OS(F)(F)(F)(F)F)c1)N1CCCCC1=O. The van der Waals surface area contributed by atoms with Gasteiger partial charge in [-0.15, -0.1) is 0 Å². The second kappa shape index (κ2) is 4.74. The molecule has 1 aromatic carbocycles. The van der Waals surface area contributed by atoms with Gasteiger partial charge in [0.2, 0.25) is 5.91 Å². The lowest BCUT2D eigenvalue weighted by Crippen LogP contribution is -2.37. The van der Waals surface area contributed by atoms with E-state index >= 15 is 0 Å². The Kier molecular flexibility index (Phi) is 3.63. The zero-order valence-corrected chi connectivity index (χ0v) is 12.6. The highest BCUT2D eigenvalue weighted by Gasteiger charge is 2.67. The Hall–Kier alpha value is -1.51. The molecule has 0 saturated carbocycles. The molecule has 0 radical (unpaired) electrons. The van der Waals surface area contributed by atoms with E-state index in [-0.39, 0.29) is 5.91 Å². The van der Waals surface area contributed by atoms with Crippen molar-refractivity contribution >= 4 is 16.4 Å². The summed E-state index contributed by atoms with van der Waals surface area (Å²) >= 11 is 0. The molecule has 1 atom stereocenters. The van der Waals surface area contributed by atoms with Crippen LogP contribution in [0.3, 0.4) is 0 Å². The minimum atomic E-state index is -9.99. The van der Waals surface area contributed by atoms with Gasteiger partial charge in [-0.1, -0.05) is 31.6 Å². The number of benzene rings is 1. The standard InChI is InChI=1S/C13H16F5NO2S/c1-10(19-8-3-2-7-13(19)20)11-5-4-6-12(9-11)21-22(14,15,16,17)18/h4-6,9-10H,2-3,7-8H2,1H3. The van der Waals surface area contributed by atoms with Gasteiger partial charge < -0.3 is 9.08 Å². The summed E-state index contributed by atoms with van der Waals surface area (Å²) in [6.07, 6.45) is 1.96. The van der Waals surface area contributed by atoms with E-state index in [1.807, 2.05) is 0 Å². The van der Waals surface area contributed by atoms with Gasteiger partial charge in [-0.2, -0.15) is 0 Å². The molecule has 0 N–H and O–H groups in total. The van der Waals surface area contributed by atoms with Gasteiger partial charge in [0.05, 0.1) is 6.04 Å². The molecule has 0 spiro atoms. The molecular formula is C13H16F5NO2S. The van der Waals surface area contributed by atoms with E-state index in [2.05, 4.69) is 4.18 Å². The molecule has 1 saturated heterocycles. The third kappa shape index (κ3) is 4.75. The highest BCUT2D eigenvalue weighted by Crippen LogP contribution is 2.97. The molecule has 0 aromatic heterocycles. The van der Waals surface area contributed by atoms with Crippen LogP contribution in [0.5, 0.6) is 5.75 Å². The van der Waals surface area contributed by atoms with Crippen LogP contribution in [0.25, 0.3) is 0 Å². The van der Waals surface area contributed by atoms with Gasteiger partial charge in [-0.3, -0.25) is 4.79 Å². The number of halogens is 5. The molecule has 2 rings (SSSR count). The smallest absolute Gasteiger partial charge is 0.355 e. The van der Waals surface area contributed by atoms with E-state index in [0.29, 0.717) is 18.5 Å². The number of amides is 1. The van der Waals surface area contributed by atoms with Gasteiger partial charge in [0.25, 0.3) is 0 Å². The normalized spacial score (nSPS) is 21.0. The molecule has 1 aliphatic heterocycles. The number of piperidine rings is 1. The van der Waals surface area contributed by atoms with Crippen LogP contribution in [-0.4, -0.2) is 17.4 Å². The Labute approximate surface area is 125 Å². The zero-order chi connectivity index (χ0) is 16.7. The van der Waals surface area contributed by atoms with Crippen LogP contribution in [0.2, 0.25) is 0 Å². The van der Waals surface area contributed by atoms with Gasteiger partial charge in [0.1, 0.15) is 5.75 Å². The van der Waals surface area contributed by atoms with Crippen molar-refractivity contribution in [1.82, 2.24) is 4.90 Å². The Morgan fingerprint density at radius 1 is 1.18 bits per heavy atom. The molecule has 1 aliphatic rings. The molecular weight excluding hydrogens is 329 g/mol. The third-order valence-corrected chi connectivity index (χ3v) is 3.93.